The van der Waals surface area contributed by atoms with Crippen molar-refractivity contribution < 1.29 is 28.2 Å². The van der Waals surface area contributed by atoms with Crippen LogP contribution in [-0.2, 0) is 11.3 Å². The van der Waals surface area contributed by atoms with Gasteiger partial charge < -0.3 is 10.2 Å². The molecule has 0 aliphatic rings. The molecular formula is C11H11ClF3NO3. The number of nitrogens with zero attached hydrogens (tertiary/aromatic N) is 1. The highest BCUT2D eigenvalue weighted by molar-refractivity contribution is 6.31. The molecule has 8 heteroatoms. The van der Waals surface area contributed by atoms with E-state index in [2.05, 4.69) is 0 Å². The van der Waals surface area contributed by atoms with E-state index in [-0.39, 0.29) is 16.3 Å². The molecule has 106 valence electrons. The summed E-state index contributed by atoms with van der Waals surface area (Å²) in [5.41, 5.74) is 0.0645. The Hall–Kier alpha value is -1.47. The first-order valence-corrected chi connectivity index (χ1v) is 5.54. The van der Waals surface area contributed by atoms with Crippen molar-refractivity contribution in [1.29, 1.82) is 0 Å². The van der Waals surface area contributed by atoms with Gasteiger partial charge in [0.25, 0.3) is 0 Å². The number of halogens is 4. The molecule has 2 N–H and O–H groups in total. The highest BCUT2D eigenvalue weighted by atomic mass is 35.5. The zero-order valence-electron chi connectivity index (χ0n) is 9.62. The van der Waals surface area contributed by atoms with Gasteiger partial charge in [-0.05, 0) is 12.1 Å². The summed E-state index contributed by atoms with van der Waals surface area (Å²) in [6.07, 6.45) is -4.54. The van der Waals surface area contributed by atoms with Crippen molar-refractivity contribution in [3.05, 3.63) is 28.8 Å². The van der Waals surface area contributed by atoms with Crippen molar-refractivity contribution in [3.63, 3.8) is 0 Å². The number of hydrogen-bond acceptors (Lipinski definition) is 3. The maximum Gasteiger partial charge on any atom is 0.401 e. The molecular weight excluding hydrogens is 287 g/mol. The van der Waals surface area contributed by atoms with Crippen LogP contribution in [0.25, 0.3) is 0 Å². The largest absolute Gasteiger partial charge is 0.508 e. The van der Waals surface area contributed by atoms with Crippen molar-refractivity contribution in [1.82, 2.24) is 4.90 Å². The molecule has 0 aliphatic heterocycles. The normalized spacial score (nSPS) is 11.8. The fraction of sp³-hybridized carbons (Fsp3) is 0.364. The van der Waals surface area contributed by atoms with Crippen molar-refractivity contribution in [2.24, 2.45) is 0 Å². The van der Waals surface area contributed by atoms with Gasteiger partial charge in [-0.25, -0.2) is 0 Å². The Bertz CT molecular complexity index is 445. The Kier molecular flexibility index (Phi) is 5.02. The number of phenols is 1. The van der Waals surface area contributed by atoms with Crippen LogP contribution in [0, 0.1) is 0 Å². The number of carboxylic acid groups (broad SMARTS) is 1. The molecule has 0 heterocycles. The molecule has 19 heavy (non-hydrogen) atoms. The van der Waals surface area contributed by atoms with Gasteiger partial charge in [0.15, 0.2) is 0 Å². The second kappa shape index (κ2) is 6.12. The van der Waals surface area contributed by atoms with E-state index in [9.17, 15) is 23.1 Å². The number of benzene rings is 1. The first-order chi connectivity index (χ1) is 8.69. The Labute approximate surface area is 112 Å². The number of rotatable bonds is 5. The molecule has 1 aromatic carbocycles. The molecule has 0 fully saturated rings. The Balaban J connectivity index is 2.90. The summed E-state index contributed by atoms with van der Waals surface area (Å²) in [5, 5.41) is 18.2. The van der Waals surface area contributed by atoms with Crippen LogP contribution in [0.2, 0.25) is 5.02 Å². The standard InChI is InChI=1S/C11H11ClF3NO3/c12-8-2-1-3-9(17)7(8)4-16(5-10(18)19)6-11(13,14)15/h1-3,17H,4-6H2,(H,18,19). The van der Waals surface area contributed by atoms with Gasteiger partial charge in [-0.3, -0.25) is 9.69 Å². The molecule has 0 radical (unpaired) electrons. The van der Waals surface area contributed by atoms with E-state index < -0.39 is 31.8 Å². The molecule has 1 rings (SSSR count). The second-order valence-electron chi connectivity index (χ2n) is 3.89. The van der Waals surface area contributed by atoms with E-state index in [0.29, 0.717) is 4.90 Å². The summed E-state index contributed by atoms with van der Waals surface area (Å²) in [6, 6.07) is 4.11. The number of alkyl halides is 3. The summed E-state index contributed by atoms with van der Waals surface area (Å²) in [7, 11) is 0. The highest BCUT2D eigenvalue weighted by Gasteiger charge is 2.32. The smallest absolute Gasteiger partial charge is 0.401 e. The van der Waals surface area contributed by atoms with E-state index >= 15 is 0 Å². The van der Waals surface area contributed by atoms with Crippen LogP contribution in [0.15, 0.2) is 18.2 Å². The molecule has 0 unspecified atom stereocenters. The van der Waals surface area contributed by atoms with Crippen LogP contribution in [0.3, 0.4) is 0 Å². The van der Waals surface area contributed by atoms with Gasteiger partial charge in [-0.15, -0.1) is 0 Å². The summed E-state index contributed by atoms with van der Waals surface area (Å²) in [6.45, 7) is -2.61. The number of aromatic hydroxyl groups is 1. The molecule has 0 aromatic heterocycles. The first-order valence-electron chi connectivity index (χ1n) is 5.16. The maximum absolute atomic E-state index is 12.3. The van der Waals surface area contributed by atoms with E-state index in [4.69, 9.17) is 16.7 Å². The summed E-state index contributed by atoms with van der Waals surface area (Å²) >= 11 is 5.77. The first kappa shape index (κ1) is 15.6. The fourth-order valence-electron chi connectivity index (χ4n) is 1.54. The SMILES string of the molecule is O=C(O)CN(Cc1c(O)cccc1Cl)CC(F)(F)F. The lowest BCUT2D eigenvalue weighted by atomic mass is 10.2. The van der Waals surface area contributed by atoms with Crippen molar-refractivity contribution in [2.75, 3.05) is 13.1 Å². The minimum Gasteiger partial charge on any atom is -0.508 e. The molecule has 0 atom stereocenters. The predicted molar refractivity (Wildman–Crippen MR) is 62.1 cm³/mol. The summed E-state index contributed by atoms with van der Waals surface area (Å²) < 4.78 is 37.0. The molecule has 0 saturated carbocycles. The van der Waals surface area contributed by atoms with Gasteiger partial charge in [-0.2, -0.15) is 13.2 Å². The van der Waals surface area contributed by atoms with Crippen LogP contribution >= 0.6 is 11.6 Å². The lowest BCUT2D eigenvalue weighted by molar-refractivity contribution is -0.154. The second-order valence-corrected chi connectivity index (χ2v) is 4.30. The molecule has 0 spiro atoms. The summed E-state index contributed by atoms with van der Waals surface area (Å²) in [4.78, 5) is 11.2. The number of carboxylic acids is 1. The predicted octanol–water partition coefficient (Wildman–Crippen LogP) is 2.49. The number of carbonyl (C=O) groups is 1. The Morgan fingerprint density at radius 3 is 2.47 bits per heavy atom. The van der Waals surface area contributed by atoms with Gasteiger partial charge in [0.1, 0.15) is 5.75 Å². The van der Waals surface area contributed by atoms with Crippen molar-refractivity contribution in [3.8, 4) is 5.75 Å². The summed E-state index contributed by atoms with van der Waals surface area (Å²) in [5.74, 6) is -1.67. The third-order valence-electron chi connectivity index (χ3n) is 2.24. The van der Waals surface area contributed by atoms with Gasteiger partial charge in [-0.1, -0.05) is 17.7 Å². The molecule has 4 nitrogen and oxygen atoms in total. The molecule has 0 bridgehead atoms. The monoisotopic (exact) mass is 297 g/mol. The minimum atomic E-state index is -4.54. The van der Waals surface area contributed by atoms with E-state index in [1.165, 1.54) is 18.2 Å². The Morgan fingerprint density at radius 1 is 1.37 bits per heavy atom. The average Bonchev–Trinajstić information content (AvgIpc) is 2.20. The van der Waals surface area contributed by atoms with Gasteiger partial charge in [0.05, 0.1) is 13.1 Å². The lowest BCUT2D eigenvalue weighted by Gasteiger charge is -2.22. The van der Waals surface area contributed by atoms with Gasteiger partial charge in [0.2, 0.25) is 0 Å². The van der Waals surface area contributed by atoms with E-state index in [1.807, 2.05) is 0 Å². The molecule has 0 amide bonds. The highest BCUT2D eigenvalue weighted by Crippen LogP contribution is 2.27. The van der Waals surface area contributed by atoms with Crippen LogP contribution in [0.4, 0.5) is 13.2 Å². The van der Waals surface area contributed by atoms with Crippen molar-refractivity contribution in [2.45, 2.75) is 12.7 Å². The molecule has 1 aromatic rings. The van der Waals surface area contributed by atoms with Crippen LogP contribution in [0.5, 0.6) is 5.75 Å². The third-order valence-corrected chi connectivity index (χ3v) is 2.59. The van der Waals surface area contributed by atoms with Gasteiger partial charge in [0, 0.05) is 17.1 Å². The minimum absolute atomic E-state index is 0.0645. The van der Waals surface area contributed by atoms with Crippen LogP contribution in [0.1, 0.15) is 5.56 Å². The number of phenolic OH excluding ortho intramolecular Hbond substituents is 1. The van der Waals surface area contributed by atoms with Crippen LogP contribution < -0.4 is 0 Å². The zero-order chi connectivity index (χ0) is 14.6. The fourth-order valence-corrected chi connectivity index (χ4v) is 1.77. The quantitative estimate of drug-likeness (QED) is 0.876. The van der Waals surface area contributed by atoms with Crippen LogP contribution in [-0.4, -0.2) is 40.3 Å². The van der Waals surface area contributed by atoms with Gasteiger partial charge >= 0.3 is 12.1 Å². The zero-order valence-corrected chi connectivity index (χ0v) is 10.4. The third kappa shape index (κ3) is 5.35. The lowest BCUT2D eigenvalue weighted by Crippen LogP contribution is -2.37. The molecule has 0 saturated heterocycles. The Morgan fingerprint density at radius 2 is 2.00 bits per heavy atom. The van der Waals surface area contributed by atoms with E-state index in [1.54, 1.807) is 0 Å². The number of hydrogen-bond donors (Lipinski definition) is 2. The topological polar surface area (TPSA) is 60.8 Å². The molecule has 0 aliphatic carbocycles. The van der Waals surface area contributed by atoms with E-state index in [0.717, 1.165) is 0 Å². The number of aliphatic carboxylic acids is 1. The van der Waals surface area contributed by atoms with Crippen molar-refractivity contribution >= 4 is 17.6 Å². The maximum atomic E-state index is 12.3. The average molecular weight is 298 g/mol.